The highest BCUT2D eigenvalue weighted by atomic mass is 35.5. The summed E-state index contributed by atoms with van der Waals surface area (Å²) in [6, 6.07) is 7.58. The number of anilines is 1. The third kappa shape index (κ3) is 3.76. The fourth-order valence-electron chi connectivity index (χ4n) is 2.85. The second-order valence-corrected chi connectivity index (χ2v) is 8.46. The van der Waals surface area contributed by atoms with Crippen LogP contribution in [-0.2, 0) is 6.54 Å². The molecule has 0 fully saturated rings. The molecule has 0 N–H and O–H groups in total. The molecule has 0 atom stereocenters. The minimum atomic E-state index is -0.0246. The molecule has 1 aromatic carbocycles. The van der Waals surface area contributed by atoms with Crippen molar-refractivity contribution in [3.8, 4) is 0 Å². The van der Waals surface area contributed by atoms with Crippen molar-refractivity contribution in [2.24, 2.45) is 0 Å². The van der Waals surface area contributed by atoms with Gasteiger partial charge in [-0.05, 0) is 36.4 Å². The standard InChI is InChI=1S/C19H17ClN4OS2/c1-13-5-6-14(20)17-16(13)22-19(27-17)24(18(25)15-4-2-11-26-15)9-3-8-23-10-7-21-12-23/h2,4-7,10-12H,3,8-9H2,1H3. The van der Waals surface area contributed by atoms with Gasteiger partial charge in [-0.2, -0.15) is 0 Å². The molecule has 3 aromatic heterocycles. The van der Waals surface area contributed by atoms with Crippen molar-refractivity contribution in [3.05, 3.63) is 63.8 Å². The zero-order chi connectivity index (χ0) is 18.8. The second-order valence-electron chi connectivity index (χ2n) is 6.13. The van der Waals surface area contributed by atoms with Crippen molar-refractivity contribution in [2.75, 3.05) is 11.4 Å². The first kappa shape index (κ1) is 18.2. The summed E-state index contributed by atoms with van der Waals surface area (Å²) in [4.78, 5) is 24.4. The number of carbonyl (C=O) groups excluding carboxylic acids is 1. The van der Waals surface area contributed by atoms with Crippen LogP contribution < -0.4 is 4.90 Å². The molecule has 0 saturated carbocycles. The van der Waals surface area contributed by atoms with Gasteiger partial charge in [0, 0.05) is 25.5 Å². The van der Waals surface area contributed by atoms with Crippen LogP contribution in [0.3, 0.4) is 0 Å². The third-order valence-electron chi connectivity index (χ3n) is 4.25. The molecule has 1 amide bonds. The molecule has 0 spiro atoms. The van der Waals surface area contributed by atoms with E-state index in [0.29, 0.717) is 21.6 Å². The van der Waals surface area contributed by atoms with Crippen molar-refractivity contribution < 1.29 is 4.79 Å². The van der Waals surface area contributed by atoms with Gasteiger partial charge in [-0.25, -0.2) is 9.97 Å². The maximum atomic E-state index is 13.1. The van der Waals surface area contributed by atoms with Crippen LogP contribution >= 0.6 is 34.3 Å². The highest BCUT2D eigenvalue weighted by molar-refractivity contribution is 7.23. The van der Waals surface area contributed by atoms with E-state index in [9.17, 15) is 4.79 Å². The number of thiazole rings is 1. The number of benzene rings is 1. The highest BCUT2D eigenvalue weighted by Gasteiger charge is 2.22. The number of aryl methyl sites for hydroxylation is 2. The normalized spacial score (nSPS) is 11.2. The Morgan fingerprint density at radius 1 is 1.33 bits per heavy atom. The summed E-state index contributed by atoms with van der Waals surface area (Å²) >= 11 is 9.27. The molecule has 138 valence electrons. The van der Waals surface area contributed by atoms with E-state index in [2.05, 4.69) is 4.98 Å². The van der Waals surface area contributed by atoms with E-state index in [0.717, 1.165) is 28.7 Å². The number of hydrogen-bond acceptors (Lipinski definition) is 5. The number of fused-ring (bicyclic) bond motifs is 1. The minimum absolute atomic E-state index is 0.0246. The Morgan fingerprint density at radius 3 is 2.93 bits per heavy atom. The lowest BCUT2D eigenvalue weighted by atomic mass is 10.2. The predicted molar refractivity (Wildman–Crippen MR) is 112 cm³/mol. The Kier molecular flexibility index (Phi) is 5.24. The Labute approximate surface area is 169 Å². The zero-order valence-electron chi connectivity index (χ0n) is 14.6. The number of nitrogens with zero attached hydrogens (tertiary/aromatic N) is 4. The van der Waals surface area contributed by atoms with E-state index < -0.39 is 0 Å². The Balaban J connectivity index is 1.65. The van der Waals surface area contributed by atoms with Gasteiger partial charge in [0.1, 0.15) is 0 Å². The molecule has 0 aliphatic heterocycles. The smallest absolute Gasteiger partial charge is 0.270 e. The molecule has 0 saturated heterocycles. The van der Waals surface area contributed by atoms with Gasteiger partial charge in [0.25, 0.3) is 5.91 Å². The molecule has 3 heterocycles. The molecule has 4 aromatic rings. The van der Waals surface area contributed by atoms with Crippen LogP contribution in [0.5, 0.6) is 0 Å². The fourth-order valence-corrected chi connectivity index (χ4v) is 4.87. The Hall–Kier alpha value is -2.22. The maximum absolute atomic E-state index is 13.1. The summed E-state index contributed by atoms with van der Waals surface area (Å²) in [5.74, 6) is -0.0246. The van der Waals surface area contributed by atoms with Crippen molar-refractivity contribution >= 4 is 55.5 Å². The number of halogens is 1. The Bertz CT molecular complexity index is 1020. The second kappa shape index (κ2) is 7.80. The number of rotatable bonds is 6. The van der Waals surface area contributed by atoms with Gasteiger partial charge in [0.15, 0.2) is 5.13 Å². The third-order valence-corrected chi connectivity index (χ3v) is 6.65. The predicted octanol–water partition coefficient (Wildman–Crippen LogP) is 5.25. The lowest BCUT2D eigenvalue weighted by molar-refractivity contribution is 0.0990. The monoisotopic (exact) mass is 416 g/mol. The highest BCUT2D eigenvalue weighted by Crippen LogP contribution is 2.36. The molecule has 0 radical (unpaired) electrons. The van der Waals surface area contributed by atoms with Crippen molar-refractivity contribution in [2.45, 2.75) is 19.9 Å². The van der Waals surface area contributed by atoms with Crippen LogP contribution in [0.2, 0.25) is 5.02 Å². The Morgan fingerprint density at radius 2 is 2.22 bits per heavy atom. The van der Waals surface area contributed by atoms with E-state index in [1.54, 1.807) is 17.4 Å². The molecule has 8 heteroatoms. The van der Waals surface area contributed by atoms with E-state index in [1.807, 2.05) is 47.3 Å². The molecule has 0 aliphatic carbocycles. The van der Waals surface area contributed by atoms with Gasteiger partial charge < -0.3 is 4.57 Å². The number of imidazole rings is 1. The van der Waals surface area contributed by atoms with Crippen molar-refractivity contribution in [1.82, 2.24) is 14.5 Å². The number of amides is 1. The van der Waals surface area contributed by atoms with Gasteiger partial charge >= 0.3 is 0 Å². The van der Waals surface area contributed by atoms with Crippen LogP contribution in [0.15, 0.2) is 48.4 Å². The number of aromatic nitrogens is 3. The fraction of sp³-hybridized carbons (Fsp3) is 0.211. The maximum Gasteiger partial charge on any atom is 0.270 e. The van der Waals surface area contributed by atoms with Crippen LogP contribution in [-0.4, -0.2) is 27.0 Å². The van der Waals surface area contributed by atoms with E-state index in [4.69, 9.17) is 16.6 Å². The minimum Gasteiger partial charge on any atom is -0.337 e. The first-order valence-corrected chi connectivity index (χ1v) is 10.6. The summed E-state index contributed by atoms with van der Waals surface area (Å²) < 4.78 is 2.93. The van der Waals surface area contributed by atoms with Gasteiger partial charge in [0.05, 0.1) is 26.4 Å². The van der Waals surface area contributed by atoms with Crippen LogP contribution in [0.4, 0.5) is 5.13 Å². The van der Waals surface area contributed by atoms with Crippen LogP contribution in [0.1, 0.15) is 21.7 Å². The average Bonchev–Trinajstić information content (AvgIpc) is 3.42. The quantitative estimate of drug-likeness (QED) is 0.431. The molecule has 0 unspecified atom stereocenters. The number of carbonyl (C=O) groups is 1. The molecule has 0 aliphatic rings. The van der Waals surface area contributed by atoms with Gasteiger partial charge in [0.2, 0.25) is 0 Å². The molecule has 4 rings (SSSR count). The van der Waals surface area contributed by atoms with E-state index >= 15 is 0 Å². The summed E-state index contributed by atoms with van der Waals surface area (Å²) in [5.41, 5.74) is 1.92. The molecular formula is C19H17ClN4OS2. The molecule has 0 bridgehead atoms. The summed E-state index contributed by atoms with van der Waals surface area (Å²) in [6.07, 6.45) is 6.27. The average molecular weight is 417 g/mol. The molecule has 27 heavy (non-hydrogen) atoms. The van der Waals surface area contributed by atoms with Gasteiger partial charge in [-0.3, -0.25) is 9.69 Å². The van der Waals surface area contributed by atoms with Crippen LogP contribution in [0.25, 0.3) is 10.2 Å². The lowest BCUT2D eigenvalue weighted by Gasteiger charge is -2.19. The largest absolute Gasteiger partial charge is 0.337 e. The van der Waals surface area contributed by atoms with E-state index in [-0.39, 0.29) is 5.91 Å². The molecular weight excluding hydrogens is 400 g/mol. The zero-order valence-corrected chi connectivity index (χ0v) is 17.0. The van der Waals surface area contributed by atoms with Gasteiger partial charge in [-0.1, -0.05) is 35.1 Å². The summed E-state index contributed by atoms with van der Waals surface area (Å²) in [5, 5.41) is 3.27. The summed E-state index contributed by atoms with van der Waals surface area (Å²) in [7, 11) is 0. The van der Waals surface area contributed by atoms with E-state index in [1.165, 1.54) is 22.7 Å². The molecule has 5 nitrogen and oxygen atoms in total. The van der Waals surface area contributed by atoms with Gasteiger partial charge in [-0.15, -0.1) is 11.3 Å². The summed E-state index contributed by atoms with van der Waals surface area (Å²) in [6.45, 7) is 3.37. The van der Waals surface area contributed by atoms with Crippen molar-refractivity contribution in [3.63, 3.8) is 0 Å². The first-order chi connectivity index (χ1) is 13.1. The number of hydrogen-bond donors (Lipinski definition) is 0. The topological polar surface area (TPSA) is 51.0 Å². The lowest BCUT2D eigenvalue weighted by Crippen LogP contribution is -2.31. The van der Waals surface area contributed by atoms with Crippen molar-refractivity contribution in [1.29, 1.82) is 0 Å². The first-order valence-electron chi connectivity index (χ1n) is 8.50. The van der Waals surface area contributed by atoms with Crippen LogP contribution in [0, 0.1) is 6.92 Å². The SMILES string of the molecule is Cc1ccc(Cl)c2sc(N(CCCn3ccnc3)C(=O)c3cccs3)nc12. The number of thiophene rings is 1.